The summed E-state index contributed by atoms with van der Waals surface area (Å²) in [5.41, 5.74) is 4.21. The molecule has 0 heterocycles. The molecule has 0 aliphatic heterocycles. The van der Waals surface area contributed by atoms with Crippen molar-refractivity contribution >= 4 is 23.2 Å². The number of rotatable bonds is 5. The number of halogens is 2. The van der Waals surface area contributed by atoms with Crippen LogP contribution in [0.4, 0.5) is 0 Å². The second-order valence-electron chi connectivity index (χ2n) is 6.28. The van der Waals surface area contributed by atoms with Crippen LogP contribution in [0.1, 0.15) is 39.7 Å². The highest BCUT2D eigenvalue weighted by Gasteiger charge is 2.23. The molecule has 2 nitrogen and oxygen atoms in total. The summed E-state index contributed by atoms with van der Waals surface area (Å²) in [5, 5.41) is 1.23. The molecular formula is C15H24Cl2N2. The van der Waals surface area contributed by atoms with Gasteiger partial charge in [-0.05, 0) is 35.8 Å². The van der Waals surface area contributed by atoms with Crippen molar-refractivity contribution in [3.8, 4) is 0 Å². The second-order valence-corrected chi connectivity index (χ2v) is 7.07. The van der Waals surface area contributed by atoms with Gasteiger partial charge in [0.15, 0.2) is 0 Å². The van der Waals surface area contributed by atoms with Gasteiger partial charge in [-0.25, -0.2) is 0 Å². The Morgan fingerprint density at radius 3 is 2.42 bits per heavy atom. The van der Waals surface area contributed by atoms with Crippen LogP contribution in [0.15, 0.2) is 18.2 Å². The zero-order valence-corrected chi connectivity index (χ0v) is 13.6. The molecule has 0 aliphatic rings. The van der Waals surface area contributed by atoms with Gasteiger partial charge in [-0.1, -0.05) is 63.0 Å². The standard InChI is InChI=1S/C15H24Cl2N2/c1-10(15(2,3)4)8-12(19-18)9-11-6-5-7-13(16)14(11)17/h5-7,10,12,19H,8-9,18H2,1-4H3. The Bertz CT molecular complexity index is 413. The van der Waals surface area contributed by atoms with Crippen molar-refractivity contribution in [1.82, 2.24) is 5.43 Å². The number of nitrogens with two attached hydrogens (primary N) is 1. The van der Waals surface area contributed by atoms with E-state index in [0.717, 1.165) is 18.4 Å². The Kier molecular flexibility index (Phi) is 6.13. The second kappa shape index (κ2) is 6.94. The van der Waals surface area contributed by atoms with E-state index < -0.39 is 0 Å². The van der Waals surface area contributed by atoms with Gasteiger partial charge in [-0.2, -0.15) is 0 Å². The normalized spacial score (nSPS) is 15.3. The van der Waals surface area contributed by atoms with Gasteiger partial charge in [0.05, 0.1) is 10.0 Å². The first-order chi connectivity index (χ1) is 8.75. The van der Waals surface area contributed by atoms with Crippen LogP contribution in [0, 0.1) is 11.3 Å². The maximum absolute atomic E-state index is 6.22. The Morgan fingerprint density at radius 1 is 1.26 bits per heavy atom. The average molecular weight is 303 g/mol. The highest BCUT2D eigenvalue weighted by molar-refractivity contribution is 6.42. The lowest BCUT2D eigenvalue weighted by molar-refractivity contribution is 0.222. The van der Waals surface area contributed by atoms with Crippen molar-refractivity contribution in [2.45, 2.75) is 46.6 Å². The van der Waals surface area contributed by atoms with E-state index >= 15 is 0 Å². The van der Waals surface area contributed by atoms with Crippen LogP contribution in [-0.2, 0) is 6.42 Å². The lowest BCUT2D eigenvalue weighted by atomic mass is 9.78. The number of hydrazine groups is 1. The molecule has 2 unspecified atom stereocenters. The molecule has 1 aromatic carbocycles. The fourth-order valence-electron chi connectivity index (χ4n) is 1.96. The zero-order valence-electron chi connectivity index (χ0n) is 12.1. The van der Waals surface area contributed by atoms with Gasteiger partial charge < -0.3 is 0 Å². The van der Waals surface area contributed by atoms with Gasteiger partial charge in [0.2, 0.25) is 0 Å². The van der Waals surface area contributed by atoms with Gasteiger partial charge in [-0.3, -0.25) is 11.3 Å². The summed E-state index contributed by atoms with van der Waals surface area (Å²) in [6, 6.07) is 5.92. The molecule has 0 radical (unpaired) electrons. The minimum absolute atomic E-state index is 0.199. The first kappa shape index (κ1) is 16.8. The van der Waals surface area contributed by atoms with Gasteiger partial charge in [0.1, 0.15) is 0 Å². The summed E-state index contributed by atoms with van der Waals surface area (Å²) in [5.74, 6) is 6.24. The summed E-state index contributed by atoms with van der Waals surface area (Å²) >= 11 is 12.3. The molecule has 0 spiro atoms. The molecule has 3 N–H and O–H groups in total. The van der Waals surface area contributed by atoms with E-state index in [1.165, 1.54) is 0 Å². The van der Waals surface area contributed by atoms with Gasteiger partial charge in [-0.15, -0.1) is 0 Å². The molecule has 0 fully saturated rings. The molecule has 4 heteroatoms. The lowest BCUT2D eigenvalue weighted by Crippen LogP contribution is -2.39. The highest BCUT2D eigenvalue weighted by Crippen LogP contribution is 2.31. The molecule has 0 saturated carbocycles. The van der Waals surface area contributed by atoms with Crippen molar-refractivity contribution in [2.24, 2.45) is 17.2 Å². The van der Waals surface area contributed by atoms with Crippen LogP contribution in [0.2, 0.25) is 10.0 Å². The summed E-state index contributed by atoms with van der Waals surface area (Å²) in [6.07, 6.45) is 1.79. The number of hydrogen-bond acceptors (Lipinski definition) is 2. The maximum Gasteiger partial charge on any atom is 0.0624 e. The number of hydrogen-bond donors (Lipinski definition) is 2. The Labute approximate surface area is 126 Å². The predicted molar refractivity (Wildman–Crippen MR) is 84.5 cm³/mol. The van der Waals surface area contributed by atoms with E-state index in [-0.39, 0.29) is 11.5 Å². The molecule has 108 valence electrons. The molecule has 0 aromatic heterocycles. The van der Waals surface area contributed by atoms with Crippen LogP contribution in [0.3, 0.4) is 0 Å². The van der Waals surface area contributed by atoms with E-state index in [9.17, 15) is 0 Å². The molecule has 19 heavy (non-hydrogen) atoms. The first-order valence-corrected chi connectivity index (χ1v) is 7.40. The molecular weight excluding hydrogens is 279 g/mol. The highest BCUT2D eigenvalue weighted by atomic mass is 35.5. The van der Waals surface area contributed by atoms with Gasteiger partial charge in [0, 0.05) is 6.04 Å². The minimum atomic E-state index is 0.199. The van der Waals surface area contributed by atoms with Crippen molar-refractivity contribution in [3.63, 3.8) is 0 Å². The molecule has 0 saturated heterocycles. The zero-order chi connectivity index (χ0) is 14.6. The molecule has 0 bridgehead atoms. The Morgan fingerprint density at radius 2 is 1.89 bits per heavy atom. The molecule has 1 rings (SSSR count). The van der Waals surface area contributed by atoms with E-state index in [0.29, 0.717) is 16.0 Å². The van der Waals surface area contributed by atoms with Crippen molar-refractivity contribution in [3.05, 3.63) is 33.8 Å². The third kappa shape index (κ3) is 4.96. The summed E-state index contributed by atoms with van der Waals surface area (Å²) in [6.45, 7) is 9.00. The fraction of sp³-hybridized carbons (Fsp3) is 0.600. The van der Waals surface area contributed by atoms with E-state index in [2.05, 4.69) is 33.1 Å². The monoisotopic (exact) mass is 302 g/mol. The predicted octanol–water partition coefficient (Wildman–Crippen LogP) is 4.44. The quantitative estimate of drug-likeness (QED) is 0.623. The van der Waals surface area contributed by atoms with Crippen molar-refractivity contribution in [2.75, 3.05) is 0 Å². The number of benzene rings is 1. The SMILES string of the molecule is CC(CC(Cc1cccc(Cl)c1Cl)NN)C(C)(C)C. The first-order valence-electron chi connectivity index (χ1n) is 6.64. The minimum Gasteiger partial charge on any atom is -0.271 e. The van der Waals surface area contributed by atoms with Crippen LogP contribution < -0.4 is 11.3 Å². The molecule has 2 atom stereocenters. The van der Waals surface area contributed by atoms with E-state index in [1.54, 1.807) is 6.07 Å². The molecule has 0 amide bonds. The fourth-order valence-corrected chi connectivity index (χ4v) is 2.36. The third-order valence-corrected chi connectivity index (χ3v) is 4.71. The smallest absolute Gasteiger partial charge is 0.0624 e. The molecule has 1 aromatic rings. The van der Waals surface area contributed by atoms with Crippen LogP contribution in [0.5, 0.6) is 0 Å². The third-order valence-electron chi connectivity index (χ3n) is 3.85. The molecule has 0 aliphatic carbocycles. The summed E-state index contributed by atoms with van der Waals surface area (Å²) in [7, 11) is 0. The average Bonchev–Trinajstić information content (AvgIpc) is 2.32. The Hall–Kier alpha value is -0.280. The number of nitrogens with one attached hydrogen (secondary N) is 1. The lowest BCUT2D eigenvalue weighted by Gasteiger charge is -2.30. The van der Waals surface area contributed by atoms with Crippen LogP contribution in [0.25, 0.3) is 0 Å². The van der Waals surface area contributed by atoms with Crippen molar-refractivity contribution < 1.29 is 0 Å². The largest absolute Gasteiger partial charge is 0.271 e. The van der Waals surface area contributed by atoms with Crippen LogP contribution in [-0.4, -0.2) is 6.04 Å². The van der Waals surface area contributed by atoms with E-state index in [4.69, 9.17) is 29.0 Å². The van der Waals surface area contributed by atoms with Crippen LogP contribution >= 0.6 is 23.2 Å². The maximum atomic E-state index is 6.22. The van der Waals surface area contributed by atoms with Gasteiger partial charge >= 0.3 is 0 Å². The Balaban J connectivity index is 2.75. The summed E-state index contributed by atoms with van der Waals surface area (Å²) in [4.78, 5) is 0. The summed E-state index contributed by atoms with van der Waals surface area (Å²) < 4.78 is 0. The van der Waals surface area contributed by atoms with Crippen molar-refractivity contribution in [1.29, 1.82) is 0 Å². The van der Waals surface area contributed by atoms with Gasteiger partial charge in [0.25, 0.3) is 0 Å². The van der Waals surface area contributed by atoms with E-state index in [1.807, 2.05) is 12.1 Å². The topological polar surface area (TPSA) is 38.0 Å².